The van der Waals surface area contributed by atoms with Crippen molar-refractivity contribution in [1.82, 2.24) is 0 Å². The number of hydrogen-bond donors (Lipinski definition) is 1. The first kappa shape index (κ1) is 18.9. The van der Waals surface area contributed by atoms with Gasteiger partial charge in [0.25, 0.3) is 17.7 Å². The van der Waals surface area contributed by atoms with Crippen LogP contribution in [0.3, 0.4) is 0 Å². The molecule has 0 atom stereocenters. The van der Waals surface area contributed by atoms with E-state index in [2.05, 4.69) is 5.32 Å². The van der Waals surface area contributed by atoms with Crippen LogP contribution in [-0.4, -0.2) is 17.7 Å². The SMILES string of the molecule is Cc1cc(N2C(=O)c3cccc(Cl)c3C2=O)c(F)cc1NC(=O)c1occc1C. The summed E-state index contributed by atoms with van der Waals surface area (Å²) in [4.78, 5) is 38.5. The predicted molar refractivity (Wildman–Crippen MR) is 105 cm³/mol. The topological polar surface area (TPSA) is 79.6 Å². The largest absolute Gasteiger partial charge is 0.459 e. The number of furan rings is 1. The lowest BCUT2D eigenvalue weighted by Gasteiger charge is -2.17. The summed E-state index contributed by atoms with van der Waals surface area (Å²) in [6, 6.07) is 8.53. The van der Waals surface area contributed by atoms with Gasteiger partial charge >= 0.3 is 0 Å². The first-order chi connectivity index (χ1) is 13.8. The Hall–Kier alpha value is -3.45. The summed E-state index contributed by atoms with van der Waals surface area (Å²) in [5.41, 5.74) is 1.24. The van der Waals surface area contributed by atoms with Crippen LogP contribution in [0, 0.1) is 19.7 Å². The van der Waals surface area contributed by atoms with Gasteiger partial charge in [0.2, 0.25) is 0 Å². The molecule has 1 aliphatic rings. The molecule has 29 heavy (non-hydrogen) atoms. The van der Waals surface area contributed by atoms with E-state index in [1.54, 1.807) is 26.0 Å². The van der Waals surface area contributed by atoms with Gasteiger partial charge < -0.3 is 9.73 Å². The Morgan fingerprint density at radius 2 is 1.86 bits per heavy atom. The Labute approximate surface area is 169 Å². The second kappa shape index (κ2) is 6.86. The minimum atomic E-state index is -0.840. The van der Waals surface area contributed by atoms with Gasteiger partial charge in [-0.2, -0.15) is 0 Å². The fourth-order valence-corrected chi connectivity index (χ4v) is 3.48. The van der Waals surface area contributed by atoms with Gasteiger partial charge in [-0.25, -0.2) is 9.29 Å². The van der Waals surface area contributed by atoms with E-state index in [1.807, 2.05) is 0 Å². The molecule has 1 aromatic heterocycles. The quantitative estimate of drug-likeness (QED) is 0.630. The Balaban J connectivity index is 1.69. The summed E-state index contributed by atoms with van der Waals surface area (Å²) in [6.07, 6.45) is 1.38. The molecular formula is C21H14ClFN2O4. The van der Waals surface area contributed by atoms with Gasteiger partial charge in [-0.3, -0.25) is 14.4 Å². The van der Waals surface area contributed by atoms with E-state index < -0.39 is 23.5 Å². The average molecular weight is 413 g/mol. The van der Waals surface area contributed by atoms with E-state index in [9.17, 15) is 18.8 Å². The molecule has 0 aliphatic carbocycles. The van der Waals surface area contributed by atoms with Crippen LogP contribution < -0.4 is 10.2 Å². The summed E-state index contributed by atoms with van der Waals surface area (Å²) in [5, 5.41) is 2.70. The molecule has 1 aliphatic heterocycles. The molecule has 2 heterocycles. The zero-order valence-electron chi connectivity index (χ0n) is 15.4. The first-order valence-electron chi connectivity index (χ1n) is 8.62. The lowest BCUT2D eigenvalue weighted by molar-refractivity contribution is 0.0923. The van der Waals surface area contributed by atoms with Gasteiger partial charge in [-0.05, 0) is 49.7 Å². The summed E-state index contributed by atoms with van der Waals surface area (Å²) < 4.78 is 20.0. The highest BCUT2D eigenvalue weighted by Crippen LogP contribution is 2.35. The summed E-state index contributed by atoms with van der Waals surface area (Å²) in [6.45, 7) is 3.33. The number of carbonyl (C=O) groups is 3. The summed E-state index contributed by atoms with van der Waals surface area (Å²) in [5.74, 6) is -2.61. The Bertz CT molecular complexity index is 1200. The van der Waals surface area contributed by atoms with Gasteiger partial charge in [0.1, 0.15) is 5.82 Å². The van der Waals surface area contributed by atoms with Crippen molar-refractivity contribution in [2.24, 2.45) is 0 Å². The highest BCUT2D eigenvalue weighted by molar-refractivity contribution is 6.42. The molecule has 1 N–H and O–H groups in total. The van der Waals surface area contributed by atoms with Crippen LogP contribution in [0.1, 0.15) is 42.4 Å². The number of nitrogens with zero attached hydrogens (tertiary/aromatic N) is 1. The maximum absolute atomic E-state index is 14.9. The van der Waals surface area contributed by atoms with Crippen LogP contribution in [0.25, 0.3) is 0 Å². The molecule has 6 nitrogen and oxygen atoms in total. The Morgan fingerprint density at radius 3 is 2.52 bits per heavy atom. The summed E-state index contributed by atoms with van der Waals surface area (Å²) in [7, 11) is 0. The Morgan fingerprint density at radius 1 is 1.10 bits per heavy atom. The lowest BCUT2D eigenvalue weighted by atomic mass is 10.1. The molecule has 2 aromatic carbocycles. The molecule has 0 spiro atoms. The number of carbonyl (C=O) groups excluding carboxylic acids is 3. The highest BCUT2D eigenvalue weighted by atomic mass is 35.5. The number of halogens is 2. The van der Waals surface area contributed by atoms with Crippen molar-refractivity contribution in [2.75, 3.05) is 10.2 Å². The second-order valence-electron chi connectivity index (χ2n) is 6.61. The van der Waals surface area contributed by atoms with Gasteiger partial charge in [0.15, 0.2) is 5.76 Å². The Kier molecular flexibility index (Phi) is 4.47. The third kappa shape index (κ3) is 3.00. The third-order valence-corrected chi connectivity index (χ3v) is 5.03. The minimum absolute atomic E-state index is 0.0434. The number of benzene rings is 2. The molecule has 3 amide bonds. The molecule has 3 aromatic rings. The van der Waals surface area contributed by atoms with Crippen molar-refractivity contribution in [3.05, 3.63) is 81.5 Å². The molecule has 0 fully saturated rings. The molecule has 0 saturated carbocycles. The molecular weight excluding hydrogens is 399 g/mol. The molecule has 0 radical (unpaired) electrons. The number of rotatable bonds is 3. The zero-order valence-corrected chi connectivity index (χ0v) is 16.1. The molecule has 0 bridgehead atoms. The predicted octanol–water partition coefficient (Wildman–Crippen LogP) is 4.74. The van der Waals surface area contributed by atoms with E-state index in [1.165, 1.54) is 24.5 Å². The van der Waals surface area contributed by atoms with Crippen LogP contribution in [-0.2, 0) is 0 Å². The maximum Gasteiger partial charge on any atom is 0.291 e. The van der Waals surface area contributed by atoms with Crippen molar-refractivity contribution >= 4 is 40.7 Å². The van der Waals surface area contributed by atoms with Crippen molar-refractivity contribution in [2.45, 2.75) is 13.8 Å². The van der Waals surface area contributed by atoms with Crippen LogP contribution >= 0.6 is 11.6 Å². The number of imide groups is 1. The maximum atomic E-state index is 14.9. The number of aryl methyl sites for hydroxylation is 2. The van der Waals surface area contributed by atoms with E-state index in [4.69, 9.17) is 16.0 Å². The van der Waals surface area contributed by atoms with Crippen molar-refractivity contribution in [3.63, 3.8) is 0 Å². The van der Waals surface area contributed by atoms with Gasteiger partial charge in [0.05, 0.1) is 28.1 Å². The fourth-order valence-electron chi connectivity index (χ4n) is 3.22. The lowest BCUT2D eigenvalue weighted by Crippen LogP contribution is -2.30. The smallest absolute Gasteiger partial charge is 0.291 e. The molecule has 0 saturated heterocycles. The fraction of sp³-hybridized carbons (Fsp3) is 0.0952. The molecule has 0 unspecified atom stereocenters. The zero-order chi connectivity index (χ0) is 20.9. The number of hydrogen-bond acceptors (Lipinski definition) is 4. The summed E-state index contributed by atoms with van der Waals surface area (Å²) >= 11 is 6.05. The van der Waals surface area contributed by atoms with Crippen LogP contribution in [0.5, 0.6) is 0 Å². The number of anilines is 2. The van der Waals surface area contributed by atoms with Gasteiger partial charge in [0, 0.05) is 11.3 Å². The first-order valence-corrected chi connectivity index (χ1v) is 9.00. The number of nitrogens with one attached hydrogen (secondary N) is 1. The van der Waals surface area contributed by atoms with E-state index in [0.29, 0.717) is 11.1 Å². The van der Waals surface area contributed by atoms with Crippen molar-refractivity contribution in [3.8, 4) is 0 Å². The monoisotopic (exact) mass is 412 g/mol. The standard InChI is InChI=1S/C21H14ClFN2O4/c1-10-6-7-29-18(10)19(26)24-15-9-14(23)16(8-11(15)2)25-20(27)12-4-3-5-13(22)17(12)21(25)28/h3-9H,1-2H3,(H,24,26). The van der Waals surface area contributed by atoms with Crippen LogP contribution in [0.4, 0.5) is 15.8 Å². The van der Waals surface area contributed by atoms with Crippen LogP contribution in [0.2, 0.25) is 5.02 Å². The highest BCUT2D eigenvalue weighted by Gasteiger charge is 2.39. The van der Waals surface area contributed by atoms with Crippen molar-refractivity contribution in [1.29, 1.82) is 0 Å². The van der Waals surface area contributed by atoms with Gasteiger partial charge in [-0.15, -0.1) is 0 Å². The van der Waals surface area contributed by atoms with E-state index in [0.717, 1.165) is 11.0 Å². The normalized spacial score (nSPS) is 13.0. The van der Waals surface area contributed by atoms with Crippen molar-refractivity contribution < 1.29 is 23.2 Å². The van der Waals surface area contributed by atoms with E-state index >= 15 is 0 Å². The van der Waals surface area contributed by atoms with E-state index in [-0.39, 0.29) is 33.3 Å². The minimum Gasteiger partial charge on any atom is -0.459 e. The number of amides is 3. The molecule has 4 rings (SSSR count). The molecule has 146 valence electrons. The average Bonchev–Trinajstić information content (AvgIpc) is 3.21. The molecule has 8 heteroatoms. The third-order valence-electron chi connectivity index (χ3n) is 4.72. The second-order valence-corrected chi connectivity index (χ2v) is 7.02. The number of fused-ring (bicyclic) bond motifs is 1. The van der Waals surface area contributed by atoms with Gasteiger partial charge in [-0.1, -0.05) is 17.7 Å². The van der Waals surface area contributed by atoms with Crippen LogP contribution in [0.15, 0.2) is 47.1 Å².